The molecule has 0 bridgehead atoms. The number of aryl methyl sites for hydroxylation is 1. The number of pyridine rings is 1. The lowest BCUT2D eigenvalue weighted by Crippen LogP contribution is -2.17. The number of hydrogen-bond acceptors (Lipinski definition) is 4. The van der Waals surface area contributed by atoms with Gasteiger partial charge >= 0.3 is 0 Å². The third-order valence-electron chi connectivity index (χ3n) is 3.55. The number of nitrogens with one attached hydrogen (secondary N) is 1. The Morgan fingerprint density at radius 2 is 2.30 bits per heavy atom. The van der Waals surface area contributed by atoms with Gasteiger partial charge in [0.2, 0.25) is 0 Å². The molecular formula is C15H18N4O. The van der Waals surface area contributed by atoms with Gasteiger partial charge in [0, 0.05) is 31.0 Å². The molecule has 5 nitrogen and oxygen atoms in total. The third-order valence-corrected chi connectivity index (χ3v) is 3.55. The molecule has 0 saturated heterocycles. The predicted molar refractivity (Wildman–Crippen MR) is 77.8 cm³/mol. The smallest absolute Gasteiger partial charge is 0.140 e. The van der Waals surface area contributed by atoms with E-state index in [0.29, 0.717) is 0 Å². The SMILES string of the molecule is Cc1nccn1-c1cccc(N[C@@H]2C=C[C@H](CO)C2)n1. The van der Waals surface area contributed by atoms with Crippen LogP contribution in [0.1, 0.15) is 12.2 Å². The fraction of sp³-hybridized carbons (Fsp3) is 0.333. The second-order valence-electron chi connectivity index (χ2n) is 5.04. The Hall–Kier alpha value is -2.14. The van der Waals surface area contributed by atoms with E-state index in [0.717, 1.165) is 23.9 Å². The zero-order chi connectivity index (χ0) is 13.9. The molecule has 0 amide bonds. The van der Waals surface area contributed by atoms with Crippen LogP contribution >= 0.6 is 0 Å². The molecule has 2 heterocycles. The van der Waals surface area contributed by atoms with Crippen molar-refractivity contribution in [3.63, 3.8) is 0 Å². The molecule has 2 N–H and O–H groups in total. The summed E-state index contributed by atoms with van der Waals surface area (Å²) in [6.07, 6.45) is 8.73. The van der Waals surface area contributed by atoms with E-state index in [1.54, 1.807) is 6.20 Å². The van der Waals surface area contributed by atoms with Crippen molar-refractivity contribution in [2.24, 2.45) is 5.92 Å². The molecule has 1 aliphatic carbocycles. The summed E-state index contributed by atoms with van der Waals surface area (Å²) in [6, 6.07) is 6.13. The van der Waals surface area contributed by atoms with Gasteiger partial charge in [-0.1, -0.05) is 18.2 Å². The molecule has 1 aliphatic rings. The summed E-state index contributed by atoms with van der Waals surface area (Å²) in [5, 5.41) is 12.5. The summed E-state index contributed by atoms with van der Waals surface area (Å²) in [7, 11) is 0. The van der Waals surface area contributed by atoms with Crippen LogP contribution in [-0.4, -0.2) is 32.3 Å². The highest BCUT2D eigenvalue weighted by Gasteiger charge is 2.18. The van der Waals surface area contributed by atoms with E-state index in [4.69, 9.17) is 5.11 Å². The number of nitrogens with zero attached hydrogens (tertiary/aromatic N) is 3. The first kappa shape index (κ1) is 12.9. The molecule has 2 atom stereocenters. The van der Waals surface area contributed by atoms with Gasteiger partial charge in [-0.05, 0) is 25.5 Å². The molecule has 5 heteroatoms. The fourth-order valence-electron chi connectivity index (χ4n) is 2.46. The topological polar surface area (TPSA) is 63.0 Å². The van der Waals surface area contributed by atoms with Crippen molar-refractivity contribution in [3.8, 4) is 5.82 Å². The Balaban J connectivity index is 1.76. The lowest BCUT2D eigenvalue weighted by molar-refractivity contribution is 0.250. The van der Waals surface area contributed by atoms with Gasteiger partial charge in [0.15, 0.2) is 0 Å². The lowest BCUT2D eigenvalue weighted by atomic mass is 10.1. The predicted octanol–water partition coefficient (Wildman–Crippen LogP) is 1.92. The van der Waals surface area contributed by atoms with Crippen molar-refractivity contribution in [2.75, 3.05) is 11.9 Å². The summed E-state index contributed by atoms with van der Waals surface area (Å²) >= 11 is 0. The Bertz CT molecular complexity index is 620. The van der Waals surface area contributed by atoms with Crippen molar-refractivity contribution < 1.29 is 5.11 Å². The first-order valence-corrected chi connectivity index (χ1v) is 6.79. The number of aromatic nitrogens is 3. The van der Waals surface area contributed by atoms with Crippen LogP contribution in [0, 0.1) is 12.8 Å². The largest absolute Gasteiger partial charge is 0.396 e. The molecule has 104 valence electrons. The maximum absolute atomic E-state index is 9.14. The van der Waals surface area contributed by atoms with Crippen molar-refractivity contribution in [2.45, 2.75) is 19.4 Å². The molecule has 0 unspecified atom stereocenters. The third kappa shape index (κ3) is 2.58. The first-order chi connectivity index (χ1) is 9.76. The summed E-state index contributed by atoms with van der Waals surface area (Å²) in [5.41, 5.74) is 0. The van der Waals surface area contributed by atoms with Crippen molar-refractivity contribution in [1.29, 1.82) is 0 Å². The Labute approximate surface area is 118 Å². The van der Waals surface area contributed by atoms with Gasteiger partial charge in [0.05, 0.1) is 0 Å². The molecule has 2 aromatic heterocycles. The van der Waals surface area contributed by atoms with Crippen LogP contribution in [0.25, 0.3) is 5.82 Å². The fourth-order valence-corrected chi connectivity index (χ4v) is 2.46. The van der Waals surface area contributed by atoms with Crippen molar-refractivity contribution >= 4 is 5.82 Å². The molecule has 0 radical (unpaired) electrons. The van der Waals surface area contributed by atoms with Crippen LogP contribution in [-0.2, 0) is 0 Å². The average Bonchev–Trinajstić information content (AvgIpc) is 3.08. The van der Waals surface area contributed by atoms with E-state index in [-0.39, 0.29) is 18.6 Å². The Morgan fingerprint density at radius 1 is 1.40 bits per heavy atom. The molecule has 0 fully saturated rings. The van der Waals surface area contributed by atoms with Crippen LogP contribution in [0.2, 0.25) is 0 Å². The zero-order valence-electron chi connectivity index (χ0n) is 11.4. The standard InChI is InChI=1S/C15H18N4O/c1-11-16-7-8-19(11)15-4-2-3-14(18-15)17-13-6-5-12(9-13)10-20/h2-8,12-13,20H,9-10H2,1H3,(H,17,18)/t12-,13+/m0/s1. The van der Waals surface area contributed by atoms with E-state index >= 15 is 0 Å². The minimum absolute atomic E-state index is 0.205. The van der Waals surface area contributed by atoms with Crippen molar-refractivity contribution in [1.82, 2.24) is 14.5 Å². The molecule has 0 aliphatic heterocycles. The minimum Gasteiger partial charge on any atom is -0.396 e. The Morgan fingerprint density at radius 3 is 3.00 bits per heavy atom. The van der Waals surface area contributed by atoms with Crippen molar-refractivity contribution in [3.05, 3.63) is 48.6 Å². The van der Waals surface area contributed by atoms with Gasteiger partial charge in [0.1, 0.15) is 17.5 Å². The minimum atomic E-state index is 0.205. The first-order valence-electron chi connectivity index (χ1n) is 6.79. The van der Waals surface area contributed by atoms with Gasteiger partial charge in [-0.15, -0.1) is 0 Å². The molecule has 0 aromatic carbocycles. The second-order valence-corrected chi connectivity index (χ2v) is 5.04. The van der Waals surface area contributed by atoms with Gasteiger partial charge < -0.3 is 10.4 Å². The molecule has 20 heavy (non-hydrogen) atoms. The summed E-state index contributed by atoms with van der Waals surface area (Å²) in [5.74, 6) is 2.86. The van der Waals surface area contributed by atoms with Gasteiger partial charge in [-0.2, -0.15) is 0 Å². The van der Waals surface area contributed by atoms with E-state index in [1.165, 1.54) is 0 Å². The van der Waals surface area contributed by atoms with E-state index in [9.17, 15) is 0 Å². The number of aliphatic hydroxyl groups excluding tert-OH is 1. The number of aliphatic hydroxyl groups is 1. The average molecular weight is 270 g/mol. The monoisotopic (exact) mass is 270 g/mol. The number of hydrogen-bond donors (Lipinski definition) is 2. The Kier molecular flexibility index (Phi) is 3.52. The highest BCUT2D eigenvalue weighted by Crippen LogP contribution is 2.21. The quantitative estimate of drug-likeness (QED) is 0.833. The molecule has 0 spiro atoms. The number of rotatable bonds is 4. The summed E-state index contributed by atoms with van der Waals surface area (Å²) in [6.45, 7) is 2.16. The normalized spacial score (nSPS) is 21.3. The second kappa shape index (κ2) is 5.46. The lowest BCUT2D eigenvalue weighted by Gasteiger charge is -2.14. The van der Waals surface area contributed by atoms with Gasteiger partial charge in [-0.3, -0.25) is 4.57 Å². The van der Waals surface area contributed by atoms with Crippen LogP contribution in [0.4, 0.5) is 5.82 Å². The van der Waals surface area contributed by atoms with Crippen LogP contribution in [0.3, 0.4) is 0 Å². The van der Waals surface area contributed by atoms with E-state index in [2.05, 4.69) is 27.4 Å². The zero-order valence-corrected chi connectivity index (χ0v) is 11.4. The van der Waals surface area contributed by atoms with E-state index in [1.807, 2.05) is 35.9 Å². The number of anilines is 1. The van der Waals surface area contributed by atoms with Gasteiger partial charge in [-0.25, -0.2) is 9.97 Å². The van der Waals surface area contributed by atoms with Gasteiger partial charge in [0.25, 0.3) is 0 Å². The number of imidazole rings is 1. The van der Waals surface area contributed by atoms with Crippen LogP contribution in [0.15, 0.2) is 42.7 Å². The van der Waals surface area contributed by atoms with Crippen LogP contribution in [0.5, 0.6) is 0 Å². The highest BCUT2D eigenvalue weighted by atomic mass is 16.3. The molecule has 2 aromatic rings. The molecular weight excluding hydrogens is 252 g/mol. The molecule has 0 saturated carbocycles. The molecule has 3 rings (SSSR count). The maximum atomic E-state index is 9.14. The maximum Gasteiger partial charge on any atom is 0.140 e. The van der Waals surface area contributed by atoms with Crippen LogP contribution < -0.4 is 5.32 Å². The summed E-state index contributed by atoms with van der Waals surface area (Å²) < 4.78 is 1.95. The summed E-state index contributed by atoms with van der Waals surface area (Å²) in [4.78, 5) is 8.82. The van der Waals surface area contributed by atoms with E-state index < -0.39 is 0 Å². The highest BCUT2D eigenvalue weighted by molar-refractivity contribution is 5.42.